The fourth-order valence-electron chi connectivity index (χ4n) is 4.11. The molecule has 9 nitrogen and oxygen atoms in total. The lowest BCUT2D eigenvalue weighted by atomic mass is 10.1. The summed E-state index contributed by atoms with van der Waals surface area (Å²) in [7, 11) is 0.302. The van der Waals surface area contributed by atoms with Crippen LogP contribution in [-0.2, 0) is 16.3 Å². The quantitative estimate of drug-likeness (QED) is 0.0927. The Hall–Kier alpha value is -3.74. The molecule has 0 aliphatic carbocycles. The Balaban J connectivity index is 1.74. The van der Waals surface area contributed by atoms with Crippen molar-refractivity contribution in [1.29, 1.82) is 0 Å². The lowest BCUT2D eigenvalue weighted by molar-refractivity contribution is -0.115. The average Bonchev–Trinajstić information content (AvgIpc) is 3.34. The number of benzene rings is 2. The first-order chi connectivity index (χ1) is 20.1. The number of rotatable bonds is 13. The summed E-state index contributed by atoms with van der Waals surface area (Å²) >= 11 is 1.50. The number of ether oxygens (including phenoxy) is 2. The van der Waals surface area contributed by atoms with E-state index >= 15 is 0 Å². The van der Waals surface area contributed by atoms with Crippen molar-refractivity contribution in [1.82, 2.24) is 19.5 Å². The molecular weight excluding hydrogens is 572 g/mol. The van der Waals surface area contributed by atoms with Crippen molar-refractivity contribution in [2.45, 2.75) is 50.9 Å². The van der Waals surface area contributed by atoms with Crippen LogP contribution in [0.15, 0.2) is 59.9 Å². The van der Waals surface area contributed by atoms with E-state index in [1.807, 2.05) is 16.9 Å². The number of nitrogens with zero attached hydrogens (tertiary/aromatic N) is 4. The molecule has 4 aromatic rings. The Bertz CT molecular complexity index is 1520. The molecule has 0 atom stereocenters. The van der Waals surface area contributed by atoms with Crippen LogP contribution in [-0.4, -0.2) is 53.5 Å². The summed E-state index contributed by atoms with van der Waals surface area (Å²) < 4.78 is 27.5. The number of aromatic nitrogens is 4. The van der Waals surface area contributed by atoms with Crippen LogP contribution in [0, 0.1) is 5.82 Å². The zero-order chi connectivity index (χ0) is 30.3. The molecule has 0 radical (unpaired) electrons. The van der Waals surface area contributed by atoms with Crippen molar-refractivity contribution in [3.8, 4) is 28.4 Å². The van der Waals surface area contributed by atoms with E-state index < -0.39 is 8.07 Å². The second-order valence-electron chi connectivity index (χ2n) is 10.8. The first-order valence-electron chi connectivity index (χ1n) is 13.7. The molecule has 0 aliphatic rings. The molecule has 2 aromatic carbocycles. The third kappa shape index (κ3) is 7.96. The Morgan fingerprint density at radius 2 is 1.86 bits per heavy atom. The summed E-state index contributed by atoms with van der Waals surface area (Å²) in [6, 6.07) is 14.4. The van der Waals surface area contributed by atoms with Crippen LogP contribution in [0.3, 0.4) is 0 Å². The largest absolute Gasteiger partial charge is 0.495 e. The van der Waals surface area contributed by atoms with Crippen LogP contribution in [0.1, 0.15) is 13.3 Å². The second-order valence-corrected chi connectivity index (χ2v) is 17.2. The molecule has 2 heterocycles. The van der Waals surface area contributed by atoms with E-state index in [0.717, 1.165) is 22.5 Å². The van der Waals surface area contributed by atoms with Gasteiger partial charge in [0.1, 0.15) is 18.3 Å². The van der Waals surface area contributed by atoms with Crippen LogP contribution < -0.4 is 15.4 Å². The fourth-order valence-corrected chi connectivity index (χ4v) is 5.42. The van der Waals surface area contributed by atoms with Gasteiger partial charge < -0.3 is 20.1 Å². The first kappa shape index (κ1) is 31.2. The van der Waals surface area contributed by atoms with Crippen LogP contribution in [0.2, 0.25) is 25.7 Å². The number of hydrogen-bond acceptors (Lipinski definition) is 8. The second kappa shape index (κ2) is 13.9. The average molecular weight is 609 g/mol. The summed E-state index contributed by atoms with van der Waals surface area (Å²) in [6.45, 7) is 9.69. The molecular formula is C30H37FN6O3SSi. The molecule has 0 spiro atoms. The van der Waals surface area contributed by atoms with Gasteiger partial charge in [-0.25, -0.2) is 19.3 Å². The molecule has 42 heavy (non-hydrogen) atoms. The number of thioether (sulfide) groups is 1. The number of anilines is 3. The van der Waals surface area contributed by atoms with E-state index in [1.54, 1.807) is 50.6 Å². The zero-order valence-corrected chi connectivity index (χ0v) is 26.6. The van der Waals surface area contributed by atoms with Gasteiger partial charge in [0.25, 0.3) is 0 Å². The number of carbonyl (C=O) groups excluding carboxylic acids is 1. The van der Waals surface area contributed by atoms with Crippen molar-refractivity contribution in [3.63, 3.8) is 0 Å². The van der Waals surface area contributed by atoms with Gasteiger partial charge in [0.15, 0.2) is 5.16 Å². The first-order valence-corrected chi connectivity index (χ1v) is 18.6. The standard InChI is InChI=1S/C30H37FN6O3SSi/c1-7-26(38)33-22-12-13-25(39-2)24(18-22)35-29-32-15-14-23(34-29)28-27(20-8-10-21(31)11-9-20)36-30(41-3)37(28)19-40-16-17-42(4,5)6/h8-15,18H,7,16-17,19H2,1-6H3,(H,33,38)(H,32,34,35). The maximum absolute atomic E-state index is 13.8. The van der Waals surface area contributed by atoms with Crippen LogP contribution in [0.25, 0.3) is 22.6 Å². The minimum atomic E-state index is -1.27. The highest BCUT2D eigenvalue weighted by Crippen LogP contribution is 2.36. The summed E-state index contributed by atoms with van der Waals surface area (Å²) in [5.74, 6) is 0.478. The molecule has 0 fully saturated rings. The molecule has 2 N–H and O–H groups in total. The Kier molecular flexibility index (Phi) is 10.4. The van der Waals surface area contributed by atoms with Gasteiger partial charge in [0.05, 0.1) is 29.9 Å². The van der Waals surface area contributed by atoms with Gasteiger partial charge in [-0.3, -0.25) is 9.36 Å². The summed E-state index contributed by atoms with van der Waals surface area (Å²) in [6.07, 6.45) is 3.99. The molecule has 0 aliphatic heterocycles. The smallest absolute Gasteiger partial charge is 0.227 e. The lowest BCUT2D eigenvalue weighted by Crippen LogP contribution is -2.22. The van der Waals surface area contributed by atoms with E-state index in [-0.39, 0.29) is 11.7 Å². The normalized spacial score (nSPS) is 11.4. The Morgan fingerprint density at radius 3 is 2.52 bits per heavy atom. The van der Waals surface area contributed by atoms with E-state index in [0.29, 0.717) is 54.2 Å². The number of nitrogens with one attached hydrogen (secondary N) is 2. The van der Waals surface area contributed by atoms with Crippen molar-refractivity contribution in [2.75, 3.05) is 30.6 Å². The van der Waals surface area contributed by atoms with Gasteiger partial charge in [0.2, 0.25) is 11.9 Å². The molecule has 222 valence electrons. The summed E-state index contributed by atoms with van der Waals surface area (Å²) in [4.78, 5) is 26.1. The van der Waals surface area contributed by atoms with Gasteiger partial charge in [-0.1, -0.05) is 38.3 Å². The van der Waals surface area contributed by atoms with Crippen molar-refractivity contribution in [2.24, 2.45) is 0 Å². The molecule has 4 rings (SSSR count). The van der Waals surface area contributed by atoms with Gasteiger partial charge in [-0.2, -0.15) is 0 Å². The van der Waals surface area contributed by atoms with Crippen LogP contribution >= 0.6 is 11.8 Å². The molecule has 1 amide bonds. The minimum absolute atomic E-state index is 0.0948. The Labute approximate surface area is 251 Å². The number of methoxy groups -OCH3 is 1. The van der Waals surface area contributed by atoms with Crippen molar-refractivity contribution >= 4 is 43.1 Å². The van der Waals surface area contributed by atoms with Gasteiger partial charge in [-0.05, 0) is 60.8 Å². The number of carbonyl (C=O) groups is 1. The summed E-state index contributed by atoms with van der Waals surface area (Å²) in [5.41, 5.74) is 3.99. The van der Waals surface area contributed by atoms with E-state index in [9.17, 15) is 9.18 Å². The SMILES string of the molecule is CCC(=O)Nc1ccc(OC)c(Nc2nccc(-c3c(-c4ccc(F)cc4)nc(SC)n3COCC[Si](C)(C)C)n2)c1. The molecule has 0 saturated carbocycles. The maximum atomic E-state index is 13.8. The van der Waals surface area contributed by atoms with Gasteiger partial charge in [-0.15, -0.1) is 0 Å². The highest BCUT2D eigenvalue weighted by Gasteiger charge is 2.22. The van der Waals surface area contributed by atoms with Gasteiger partial charge in [0, 0.05) is 38.5 Å². The van der Waals surface area contributed by atoms with Gasteiger partial charge >= 0.3 is 0 Å². The summed E-state index contributed by atoms with van der Waals surface area (Å²) in [5, 5.41) is 6.85. The minimum Gasteiger partial charge on any atom is -0.495 e. The van der Waals surface area contributed by atoms with Crippen LogP contribution in [0.5, 0.6) is 5.75 Å². The van der Waals surface area contributed by atoms with Crippen LogP contribution in [0.4, 0.5) is 21.7 Å². The highest BCUT2D eigenvalue weighted by molar-refractivity contribution is 7.98. The van der Waals surface area contributed by atoms with E-state index in [4.69, 9.17) is 19.4 Å². The molecule has 2 aromatic heterocycles. The number of halogens is 1. The predicted octanol–water partition coefficient (Wildman–Crippen LogP) is 7.28. The van der Waals surface area contributed by atoms with E-state index in [1.165, 1.54) is 23.9 Å². The fraction of sp³-hybridized carbons (Fsp3) is 0.333. The number of hydrogen-bond donors (Lipinski definition) is 2. The molecule has 12 heteroatoms. The highest BCUT2D eigenvalue weighted by atomic mass is 32.2. The molecule has 0 saturated heterocycles. The monoisotopic (exact) mass is 608 g/mol. The zero-order valence-electron chi connectivity index (χ0n) is 24.8. The third-order valence-electron chi connectivity index (χ3n) is 6.40. The topological polar surface area (TPSA) is 103 Å². The third-order valence-corrected chi connectivity index (χ3v) is 8.78. The predicted molar refractivity (Wildman–Crippen MR) is 170 cm³/mol. The number of imidazole rings is 1. The lowest BCUT2D eigenvalue weighted by Gasteiger charge is -2.17. The Morgan fingerprint density at radius 1 is 1.10 bits per heavy atom. The maximum Gasteiger partial charge on any atom is 0.227 e. The number of amides is 1. The van der Waals surface area contributed by atoms with E-state index in [2.05, 4.69) is 35.3 Å². The van der Waals surface area contributed by atoms with Crippen molar-refractivity contribution in [3.05, 3.63) is 60.5 Å². The molecule has 0 unspecified atom stereocenters. The molecule has 0 bridgehead atoms. The van der Waals surface area contributed by atoms with Crippen molar-refractivity contribution < 1.29 is 18.7 Å².